The molecule has 2 rings (SSSR count). The van der Waals surface area contributed by atoms with Crippen molar-refractivity contribution in [1.82, 2.24) is 4.98 Å². The number of rotatable bonds is 4. The molecule has 106 valence electrons. The quantitative estimate of drug-likeness (QED) is 0.886. The van der Waals surface area contributed by atoms with Crippen LogP contribution in [0.2, 0.25) is 10.0 Å². The molecule has 1 heterocycles. The third-order valence-electron chi connectivity index (χ3n) is 2.81. The molecule has 0 aliphatic heterocycles. The summed E-state index contributed by atoms with van der Waals surface area (Å²) >= 11 is 12.2. The molecule has 4 nitrogen and oxygen atoms in total. The molecule has 2 aromatic rings. The Bertz CT molecular complexity index is 597. The molecule has 0 radical (unpaired) electrons. The third kappa shape index (κ3) is 3.26. The van der Waals surface area contributed by atoms with Gasteiger partial charge in [0, 0.05) is 32.5 Å². The van der Waals surface area contributed by atoms with E-state index in [9.17, 15) is 0 Å². The summed E-state index contributed by atoms with van der Waals surface area (Å²) in [6, 6.07) is 9.65. The van der Waals surface area contributed by atoms with E-state index in [1.807, 2.05) is 43.3 Å². The smallest absolute Gasteiger partial charge is 0.151 e. The lowest BCUT2D eigenvalue weighted by Crippen LogP contribution is -2.08. The van der Waals surface area contributed by atoms with Crippen LogP contribution in [-0.2, 0) is 0 Å². The predicted octanol–water partition coefficient (Wildman–Crippen LogP) is 4.24. The van der Waals surface area contributed by atoms with Gasteiger partial charge in [-0.3, -0.25) is 0 Å². The minimum absolute atomic E-state index is 0.477. The first-order chi connectivity index (χ1) is 9.51. The summed E-state index contributed by atoms with van der Waals surface area (Å²) < 4.78 is 0. The average molecular weight is 311 g/mol. The van der Waals surface area contributed by atoms with Gasteiger partial charge in [-0.05, 0) is 30.3 Å². The van der Waals surface area contributed by atoms with Crippen LogP contribution in [0.4, 0.5) is 23.0 Å². The number of anilines is 4. The normalized spacial score (nSPS) is 10.2. The van der Waals surface area contributed by atoms with Gasteiger partial charge in [-0.1, -0.05) is 23.2 Å². The zero-order valence-electron chi connectivity index (χ0n) is 11.5. The van der Waals surface area contributed by atoms with Crippen LogP contribution in [0.1, 0.15) is 0 Å². The maximum Gasteiger partial charge on any atom is 0.151 e. The van der Waals surface area contributed by atoms with E-state index < -0.39 is 0 Å². The van der Waals surface area contributed by atoms with Gasteiger partial charge in [0.2, 0.25) is 0 Å². The van der Waals surface area contributed by atoms with Crippen molar-refractivity contribution in [3.8, 4) is 0 Å². The summed E-state index contributed by atoms with van der Waals surface area (Å²) in [4.78, 5) is 6.38. The van der Waals surface area contributed by atoms with Crippen LogP contribution >= 0.6 is 23.2 Å². The van der Waals surface area contributed by atoms with Gasteiger partial charge in [0.25, 0.3) is 0 Å². The van der Waals surface area contributed by atoms with E-state index in [4.69, 9.17) is 23.2 Å². The summed E-state index contributed by atoms with van der Waals surface area (Å²) in [6.07, 6.45) is 0. The first kappa shape index (κ1) is 14.8. The SMILES string of the molecule is CNc1nc(Nc2ccc(N(C)C)cc2)c(Cl)cc1Cl. The van der Waals surface area contributed by atoms with E-state index in [1.54, 1.807) is 13.1 Å². The van der Waals surface area contributed by atoms with Crippen molar-refractivity contribution < 1.29 is 0 Å². The zero-order chi connectivity index (χ0) is 14.7. The minimum Gasteiger partial charge on any atom is -0.378 e. The fourth-order valence-electron chi connectivity index (χ4n) is 1.71. The van der Waals surface area contributed by atoms with E-state index in [1.165, 1.54) is 0 Å². The number of halogens is 2. The molecule has 0 unspecified atom stereocenters. The summed E-state index contributed by atoms with van der Waals surface area (Å²) in [5.41, 5.74) is 2.04. The van der Waals surface area contributed by atoms with Crippen molar-refractivity contribution in [2.24, 2.45) is 0 Å². The number of pyridine rings is 1. The summed E-state index contributed by atoms with van der Waals surface area (Å²) in [5.74, 6) is 1.15. The highest BCUT2D eigenvalue weighted by molar-refractivity contribution is 6.37. The topological polar surface area (TPSA) is 40.2 Å². The minimum atomic E-state index is 0.477. The molecule has 0 spiro atoms. The Morgan fingerprint density at radius 2 is 1.60 bits per heavy atom. The number of hydrogen-bond donors (Lipinski definition) is 2. The van der Waals surface area contributed by atoms with Crippen molar-refractivity contribution in [2.75, 3.05) is 36.7 Å². The number of benzene rings is 1. The Kier molecular flexibility index (Phi) is 4.57. The molecule has 0 aliphatic carbocycles. The lowest BCUT2D eigenvalue weighted by molar-refractivity contribution is 1.13. The molecule has 6 heteroatoms. The molecule has 0 amide bonds. The number of aromatic nitrogens is 1. The maximum atomic E-state index is 6.14. The van der Waals surface area contributed by atoms with Gasteiger partial charge in [-0.25, -0.2) is 4.98 Å². The van der Waals surface area contributed by atoms with Crippen LogP contribution in [0.15, 0.2) is 30.3 Å². The van der Waals surface area contributed by atoms with Gasteiger partial charge in [0.1, 0.15) is 5.82 Å². The van der Waals surface area contributed by atoms with E-state index in [2.05, 4.69) is 15.6 Å². The van der Waals surface area contributed by atoms with Gasteiger partial charge in [0.15, 0.2) is 5.82 Å². The first-order valence-electron chi connectivity index (χ1n) is 6.09. The molecule has 1 aromatic carbocycles. The summed E-state index contributed by atoms with van der Waals surface area (Å²) in [6.45, 7) is 0. The van der Waals surface area contributed by atoms with Crippen molar-refractivity contribution >= 4 is 46.2 Å². The fourth-order valence-corrected chi connectivity index (χ4v) is 2.21. The second kappa shape index (κ2) is 6.20. The molecule has 0 saturated heterocycles. The molecule has 1 aromatic heterocycles. The number of hydrogen-bond acceptors (Lipinski definition) is 4. The van der Waals surface area contributed by atoms with Gasteiger partial charge in [0.05, 0.1) is 10.0 Å². The van der Waals surface area contributed by atoms with Crippen LogP contribution in [0, 0.1) is 0 Å². The number of nitrogens with one attached hydrogen (secondary N) is 2. The van der Waals surface area contributed by atoms with Gasteiger partial charge < -0.3 is 15.5 Å². The average Bonchev–Trinajstić information content (AvgIpc) is 2.42. The standard InChI is InChI=1S/C14H16Cl2N4/c1-17-13-11(15)8-12(16)14(19-13)18-9-4-6-10(7-5-9)20(2)3/h4-8H,1-3H3,(H2,17,18,19). The lowest BCUT2D eigenvalue weighted by atomic mass is 10.2. The predicted molar refractivity (Wildman–Crippen MR) is 87.9 cm³/mol. The van der Waals surface area contributed by atoms with Gasteiger partial charge >= 0.3 is 0 Å². The third-order valence-corrected chi connectivity index (χ3v) is 3.39. The highest BCUT2D eigenvalue weighted by atomic mass is 35.5. The molecule has 0 fully saturated rings. The molecule has 20 heavy (non-hydrogen) atoms. The lowest BCUT2D eigenvalue weighted by Gasteiger charge is -2.14. The van der Waals surface area contributed by atoms with Gasteiger partial charge in [-0.15, -0.1) is 0 Å². The Morgan fingerprint density at radius 1 is 1.00 bits per heavy atom. The maximum absolute atomic E-state index is 6.14. The van der Waals surface area contributed by atoms with Crippen LogP contribution in [0.25, 0.3) is 0 Å². The Morgan fingerprint density at radius 3 is 2.15 bits per heavy atom. The molecular formula is C14H16Cl2N4. The molecule has 2 N–H and O–H groups in total. The van der Waals surface area contributed by atoms with Crippen molar-refractivity contribution in [3.05, 3.63) is 40.4 Å². The largest absolute Gasteiger partial charge is 0.378 e. The van der Waals surface area contributed by atoms with Crippen molar-refractivity contribution in [1.29, 1.82) is 0 Å². The molecule has 0 saturated carbocycles. The van der Waals surface area contributed by atoms with Crippen LogP contribution in [0.3, 0.4) is 0 Å². The fraction of sp³-hybridized carbons (Fsp3) is 0.214. The molecule has 0 atom stereocenters. The Hall–Kier alpha value is -1.65. The Balaban J connectivity index is 2.25. The van der Waals surface area contributed by atoms with E-state index >= 15 is 0 Å². The molecular weight excluding hydrogens is 295 g/mol. The zero-order valence-corrected chi connectivity index (χ0v) is 13.0. The first-order valence-corrected chi connectivity index (χ1v) is 6.85. The monoisotopic (exact) mass is 310 g/mol. The van der Waals surface area contributed by atoms with Crippen molar-refractivity contribution in [3.63, 3.8) is 0 Å². The van der Waals surface area contributed by atoms with Gasteiger partial charge in [-0.2, -0.15) is 0 Å². The van der Waals surface area contributed by atoms with Crippen molar-refractivity contribution in [2.45, 2.75) is 0 Å². The van der Waals surface area contributed by atoms with Crippen LogP contribution in [0.5, 0.6) is 0 Å². The van der Waals surface area contributed by atoms with E-state index in [0.29, 0.717) is 21.7 Å². The second-order valence-electron chi connectivity index (χ2n) is 4.47. The van der Waals surface area contributed by atoms with Crippen LogP contribution < -0.4 is 15.5 Å². The number of nitrogens with zero attached hydrogens (tertiary/aromatic N) is 2. The summed E-state index contributed by atoms with van der Waals surface area (Å²) in [5, 5.41) is 7.07. The highest BCUT2D eigenvalue weighted by Crippen LogP contribution is 2.31. The van der Waals surface area contributed by atoms with E-state index in [-0.39, 0.29) is 0 Å². The van der Waals surface area contributed by atoms with Crippen LogP contribution in [-0.4, -0.2) is 26.1 Å². The highest BCUT2D eigenvalue weighted by Gasteiger charge is 2.08. The Labute approximate surface area is 128 Å². The molecule has 0 aliphatic rings. The second-order valence-corrected chi connectivity index (χ2v) is 5.28. The summed E-state index contributed by atoms with van der Waals surface area (Å²) in [7, 11) is 5.76. The molecule has 0 bridgehead atoms. The van der Waals surface area contributed by atoms with E-state index in [0.717, 1.165) is 11.4 Å².